The molecule has 1 amide bonds. The molecule has 31 heavy (non-hydrogen) atoms. The molecule has 0 aliphatic carbocycles. The summed E-state index contributed by atoms with van der Waals surface area (Å²) in [6, 6.07) is 13.3. The fourth-order valence-corrected chi connectivity index (χ4v) is 3.05. The summed E-state index contributed by atoms with van der Waals surface area (Å²) in [4.78, 5) is 23.0. The topological polar surface area (TPSA) is 75.4 Å². The number of rotatable bonds is 4. The number of alkyl halides is 3. The second-order valence-electron chi connectivity index (χ2n) is 6.90. The van der Waals surface area contributed by atoms with Crippen LogP contribution in [0, 0.1) is 0 Å². The van der Waals surface area contributed by atoms with Crippen LogP contribution in [0.4, 0.5) is 24.8 Å². The summed E-state index contributed by atoms with van der Waals surface area (Å²) >= 11 is 0. The van der Waals surface area contributed by atoms with Gasteiger partial charge in [-0.2, -0.15) is 18.3 Å². The number of carbonyl (C=O) groups is 1. The molecule has 0 aliphatic rings. The van der Waals surface area contributed by atoms with Crippen LogP contribution in [-0.4, -0.2) is 39.6 Å². The molecule has 0 atom stereocenters. The zero-order valence-corrected chi connectivity index (χ0v) is 16.6. The van der Waals surface area contributed by atoms with Gasteiger partial charge in [-0.3, -0.25) is 4.79 Å². The van der Waals surface area contributed by atoms with Crippen molar-refractivity contribution in [3.05, 3.63) is 72.1 Å². The van der Waals surface area contributed by atoms with Gasteiger partial charge < -0.3 is 10.2 Å². The molecule has 1 aromatic carbocycles. The van der Waals surface area contributed by atoms with Crippen LogP contribution in [0.1, 0.15) is 16.1 Å². The van der Waals surface area contributed by atoms with Crippen LogP contribution in [0.25, 0.3) is 16.9 Å². The standard InChI is InChI=1S/C21H17F3N6O/c1-29(2)19-9-5-8-17(26-19)27-20(31)16-12-25-18-11-10-15(28-30(16)18)13-6-3-4-7-14(13)21(22,23)24/h3-12H,1-2H3,(H,26,27,31). The number of benzene rings is 1. The number of aromatic nitrogens is 4. The molecule has 3 heterocycles. The van der Waals surface area contributed by atoms with Crippen molar-refractivity contribution in [2.45, 2.75) is 6.18 Å². The fourth-order valence-electron chi connectivity index (χ4n) is 3.05. The number of hydrogen-bond donors (Lipinski definition) is 1. The van der Waals surface area contributed by atoms with Gasteiger partial charge in [0.15, 0.2) is 11.3 Å². The van der Waals surface area contributed by atoms with Gasteiger partial charge in [0.1, 0.15) is 11.6 Å². The van der Waals surface area contributed by atoms with Crippen molar-refractivity contribution in [1.29, 1.82) is 0 Å². The maximum atomic E-state index is 13.4. The number of anilines is 2. The second kappa shape index (κ2) is 7.71. The molecule has 0 spiro atoms. The van der Waals surface area contributed by atoms with Gasteiger partial charge >= 0.3 is 6.18 Å². The van der Waals surface area contributed by atoms with Crippen molar-refractivity contribution in [3.63, 3.8) is 0 Å². The minimum atomic E-state index is -4.54. The summed E-state index contributed by atoms with van der Waals surface area (Å²) in [6.07, 6.45) is -3.22. The molecule has 0 saturated carbocycles. The van der Waals surface area contributed by atoms with E-state index in [0.29, 0.717) is 17.3 Å². The first kappa shape index (κ1) is 20.3. The number of imidazole rings is 1. The normalized spacial score (nSPS) is 11.5. The van der Waals surface area contributed by atoms with Crippen LogP contribution in [-0.2, 0) is 6.18 Å². The van der Waals surface area contributed by atoms with Crippen LogP contribution in [0.5, 0.6) is 0 Å². The van der Waals surface area contributed by atoms with Gasteiger partial charge in [0.05, 0.1) is 17.5 Å². The van der Waals surface area contributed by atoms with Crippen LogP contribution in [0.3, 0.4) is 0 Å². The van der Waals surface area contributed by atoms with E-state index in [0.717, 1.165) is 6.07 Å². The highest BCUT2D eigenvalue weighted by molar-refractivity contribution is 6.03. The van der Waals surface area contributed by atoms with Gasteiger partial charge in [-0.15, -0.1) is 0 Å². The van der Waals surface area contributed by atoms with E-state index in [1.165, 1.54) is 41.0 Å². The first-order valence-electron chi connectivity index (χ1n) is 9.21. The number of carbonyl (C=O) groups excluding carboxylic acids is 1. The van der Waals surface area contributed by atoms with E-state index >= 15 is 0 Å². The number of halogens is 3. The van der Waals surface area contributed by atoms with E-state index in [1.54, 1.807) is 23.1 Å². The minimum absolute atomic E-state index is 0.0680. The lowest BCUT2D eigenvalue weighted by molar-refractivity contribution is -0.137. The average Bonchev–Trinajstić information content (AvgIpc) is 3.16. The lowest BCUT2D eigenvalue weighted by atomic mass is 10.0. The Balaban J connectivity index is 1.72. The number of amides is 1. The summed E-state index contributed by atoms with van der Waals surface area (Å²) in [5.41, 5.74) is -0.429. The highest BCUT2D eigenvalue weighted by Gasteiger charge is 2.33. The van der Waals surface area contributed by atoms with Gasteiger partial charge in [0.2, 0.25) is 0 Å². The van der Waals surface area contributed by atoms with Gasteiger partial charge in [0, 0.05) is 19.7 Å². The Kier molecular flexibility index (Phi) is 5.05. The Morgan fingerprint density at radius 3 is 2.55 bits per heavy atom. The van der Waals surface area contributed by atoms with Gasteiger partial charge in [-0.25, -0.2) is 14.5 Å². The van der Waals surface area contributed by atoms with E-state index in [4.69, 9.17) is 0 Å². The molecule has 0 fully saturated rings. The van der Waals surface area contributed by atoms with E-state index < -0.39 is 17.6 Å². The summed E-state index contributed by atoms with van der Waals surface area (Å²) in [6.45, 7) is 0. The van der Waals surface area contributed by atoms with Crippen LogP contribution in [0.2, 0.25) is 0 Å². The molecular formula is C21H17F3N6O. The molecule has 4 aromatic rings. The third kappa shape index (κ3) is 4.04. The highest BCUT2D eigenvalue weighted by Crippen LogP contribution is 2.36. The number of nitrogens with one attached hydrogen (secondary N) is 1. The predicted molar refractivity (Wildman–Crippen MR) is 110 cm³/mol. The third-order valence-electron chi connectivity index (χ3n) is 4.54. The molecule has 4 rings (SSSR count). The maximum absolute atomic E-state index is 13.4. The first-order chi connectivity index (χ1) is 14.7. The summed E-state index contributed by atoms with van der Waals surface area (Å²) < 4.78 is 41.4. The molecule has 0 unspecified atom stereocenters. The average molecular weight is 426 g/mol. The smallest absolute Gasteiger partial charge is 0.363 e. The Labute approximate surface area is 175 Å². The van der Waals surface area contributed by atoms with Gasteiger partial charge in [-0.1, -0.05) is 24.3 Å². The van der Waals surface area contributed by atoms with E-state index in [1.807, 2.05) is 14.1 Å². The molecule has 0 aliphatic heterocycles. The third-order valence-corrected chi connectivity index (χ3v) is 4.54. The van der Waals surface area contributed by atoms with Crippen molar-refractivity contribution in [3.8, 4) is 11.3 Å². The Bertz CT molecular complexity index is 1270. The summed E-state index contributed by atoms with van der Waals surface area (Å²) in [5.74, 6) is 0.439. The zero-order valence-electron chi connectivity index (χ0n) is 16.6. The van der Waals surface area contributed by atoms with E-state index in [2.05, 4.69) is 20.4 Å². The lowest BCUT2D eigenvalue weighted by Gasteiger charge is -2.13. The maximum Gasteiger partial charge on any atom is 0.417 e. The monoisotopic (exact) mass is 426 g/mol. The molecule has 10 heteroatoms. The van der Waals surface area contributed by atoms with E-state index in [9.17, 15) is 18.0 Å². The lowest BCUT2D eigenvalue weighted by Crippen LogP contribution is -2.18. The fraction of sp³-hybridized carbons (Fsp3) is 0.143. The second-order valence-corrected chi connectivity index (χ2v) is 6.90. The molecule has 1 N–H and O–H groups in total. The molecule has 0 saturated heterocycles. The quantitative estimate of drug-likeness (QED) is 0.531. The molecular weight excluding hydrogens is 409 g/mol. The molecule has 158 valence electrons. The van der Waals surface area contributed by atoms with E-state index in [-0.39, 0.29) is 17.0 Å². The van der Waals surface area contributed by atoms with Crippen LogP contribution < -0.4 is 10.2 Å². The van der Waals surface area contributed by atoms with Crippen molar-refractivity contribution in [1.82, 2.24) is 19.6 Å². The van der Waals surface area contributed by atoms with Crippen molar-refractivity contribution >= 4 is 23.2 Å². The Morgan fingerprint density at radius 2 is 1.81 bits per heavy atom. The largest absolute Gasteiger partial charge is 0.417 e. The first-order valence-corrected chi connectivity index (χ1v) is 9.21. The van der Waals surface area contributed by atoms with Crippen molar-refractivity contribution in [2.75, 3.05) is 24.3 Å². The minimum Gasteiger partial charge on any atom is -0.363 e. The van der Waals surface area contributed by atoms with Crippen LogP contribution >= 0.6 is 0 Å². The number of hydrogen-bond acceptors (Lipinski definition) is 5. The summed E-state index contributed by atoms with van der Waals surface area (Å²) in [7, 11) is 3.64. The summed E-state index contributed by atoms with van der Waals surface area (Å²) in [5, 5.41) is 6.92. The van der Waals surface area contributed by atoms with Crippen LogP contribution in [0.15, 0.2) is 60.8 Å². The number of nitrogens with zero attached hydrogens (tertiary/aromatic N) is 5. The highest BCUT2D eigenvalue weighted by atomic mass is 19.4. The van der Waals surface area contributed by atoms with Gasteiger partial charge in [0.25, 0.3) is 5.91 Å². The van der Waals surface area contributed by atoms with Gasteiger partial charge in [-0.05, 0) is 30.3 Å². The predicted octanol–water partition coefficient (Wildman–Crippen LogP) is 4.13. The Hall–Kier alpha value is -3.95. The number of fused-ring (bicyclic) bond motifs is 1. The zero-order chi connectivity index (χ0) is 22.2. The number of pyridine rings is 1. The Morgan fingerprint density at radius 1 is 1.03 bits per heavy atom. The van der Waals surface area contributed by atoms with Crippen molar-refractivity contribution in [2.24, 2.45) is 0 Å². The molecule has 0 radical (unpaired) electrons. The molecule has 0 bridgehead atoms. The molecule has 7 nitrogen and oxygen atoms in total. The SMILES string of the molecule is CN(C)c1cccc(NC(=O)c2cnc3ccc(-c4ccccc4C(F)(F)F)nn23)n1. The van der Waals surface area contributed by atoms with Crippen molar-refractivity contribution < 1.29 is 18.0 Å². The molecule has 3 aromatic heterocycles.